The normalized spacial score (nSPS) is 23.5. The van der Waals surface area contributed by atoms with E-state index in [2.05, 4.69) is 5.32 Å². The summed E-state index contributed by atoms with van der Waals surface area (Å²) in [6.45, 7) is 5.14. The van der Waals surface area contributed by atoms with Crippen LogP contribution in [0.2, 0.25) is 0 Å². The molecule has 262 valence electrons. The molecule has 1 aliphatic rings. The molecule has 47 heavy (non-hydrogen) atoms. The maximum atomic E-state index is 12.6. The minimum atomic E-state index is -1.88. The van der Waals surface area contributed by atoms with Crippen molar-refractivity contribution in [2.24, 2.45) is 17.6 Å². The second-order valence-corrected chi connectivity index (χ2v) is 12.2. The fourth-order valence-corrected chi connectivity index (χ4v) is 5.00. The summed E-state index contributed by atoms with van der Waals surface area (Å²) in [5, 5.41) is 52.1. The van der Waals surface area contributed by atoms with Crippen LogP contribution in [-0.2, 0) is 19.1 Å². The van der Waals surface area contributed by atoms with Crippen LogP contribution in [-0.4, -0.2) is 91.2 Å². The van der Waals surface area contributed by atoms with Crippen molar-refractivity contribution in [3.63, 3.8) is 0 Å². The van der Waals surface area contributed by atoms with E-state index >= 15 is 0 Å². The van der Waals surface area contributed by atoms with Crippen molar-refractivity contribution in [1.29, 1.82) is 0 Å². The first kappa shape index (κ1) is 41.8. The van der Waals surface area contributed by atoms with E-state index in [4.69, 9.17) is 33.7 Å². The van der Waals surface area contributed by atoms with Crippen LogP contribution in [0, 0.1) is 11.8 Å². The number of rotatable bonds is 18. The van der Waals surface area contributed by atoms with Crippen molar-refractivity contribution in [2.45, 2.75) is 94.8 Å². The molecule has 8 N–H and O–H groups in total. The van der Waals surface area contributed by atoms with Crippen LogP contribution in [0.25, 0.3) is 0 Å². The molecule has 0 spiro atoms. The molecule has 0 aromatic rings. The first-order valence-corrected chi connectivity index (χ1v) is 16.0. The maximum Gasteiger partial charge on any atom is 0.405 e. The smallest absolute Gasteiger partial charge is 0.405 e. The molecule has 0 aromatic carbocycles. The van der Waals surface area contributed by atoms with Crippen molar-refractivity contribution in [1.82, 2.24) is 5.32 Å². The van der Waals surface area contributed by atoms with E-state index in [1.807, 2.05) is 6.92 Å². The lowest BCUT2D eigenvalue weighted by molar-refractivity contribution is -0.144. The predicted molar refractivity (Wildman–Crippen MR) is 178 cm³/mol. The average molecular weight is 702 g/mol. The van der Waals surface area contributed by atoms with Gasteiger partial charge in [-0.3, -0.25) is 14.4 Å². The SMILES string of the molecule is CC/C=C/[C@@H](OC(N)=O)[C@@H](Cl)[C@H](O)CC(=O)[C@@H](O)[C@H](O)[C@H](C)/C(Cl)=C/C=C/C=C(C)/C=C/C=C/C(=O)N[C@@H]1C[C@@H](C(=O)O)CC[C@@H]1O. The summed E-state index contributed by atoms with van der Waals surface area (Å²) in [7, 11) is 0. The number of ether oxygens (including phenoxy) is 1. The second kappa shape index (κ2) is 21.6. The Hall–Kier alpha value is -3.26. The highest BCUT2D eigenvalue weighted by Gasteiger charge is 2.35. The number of allylic oxidation sites excluding steroid dienone is 9. The van der Waals surface area contributed by atoms with E-state index in [0.717, 1.165) is 5.57 Å². The quantitative estimate of drug-likeness (QED) is 0.0479. The molecular formula is C33H46Cl2N2O10. The molecule has 0 unspecified atom stereocenters. The standard InChI is InChI=1S/C33H46Cl2N2O10/c1-4-5-13-27(47-33(36)46)29(35)25(39)18-26(40)31(43)30(42)20(3)22(34)12-8-6-10-19(2)11-7-9-14-28(41)37-23-17-21(32(44)45)15-16-24(23)38/h5-14,20-21,23-25,27,29-31,38-39,42-43H,4,15-18H2,1-3H3,(H2,36,46)(H,37,41)(H,44,45)/b8-6+,11-7+,13-5+,14-9+,19-10+,22-12-/t20-,21+,23-,24+,25-,27-,29+,30-,31-/m1/s1. The molecule has 9 atom stereocenters. The molecule has 0 aromatic heterocycles. The van der Waals surface area contributed by atoms with Crippen LogP contribution in [0.1, 0.15) is 52.9 Å². The number of carbonyl (C=O) groups excluding carboxylic acids is 3. The highest BCUT2D eigenvalue weighted by molar-refractivity contribution is 6.30. The minimum Gasteiger partial charge on any atom is -0.481 e. The van der Waals surface area contributed by atoms with E-state index in [1.165, 1.54) is 31.2 Å². The average Bonchev–Trinajstić information content (AvgIpc) is 3.02. The Morgan fingerprint density at radius 3 is 2.30 bits per heavy atom. The van der Waals surface area contributed by atoms with Gasteiger partial charge in [0.05, 0.1) is 30.3 Å². The number of carbonyl (C=O) groups is 4. The van der Waals surface area contributed by atoms with E-state index in [-0.39, 0.29) is 11.5 Å². The number of carboxylic acid groups (broad SMARTS) is 1. The third-order valence-corrected chi connectivity index (χ3v) is 8.45. The fourth-order valence-electron chi connectivity index (χ4n) is 4.58. The van der Waals surface area contributed by atoms with Crippen molar-refractivity contribution in [3.8, 4) is 0 Å². The minimum absolute atomic E-state index is 0.143. The summed E-state index contributed by atoms with van der Waals surface area (Å²) < 4.78 is 4.88. The van der Waals surface area contributed by atoms with Crippen LogP contribution in [0.15, 0.2) is 71.4 Å². The summed E-state index contributed by atoms with van der Waals surface area (Å²) in [4.78, 5) is 47.1. The zero-order chi connectivity index (χ0) is 35.7. The Morgan fingerprint density at radius 2 is 1.68 bits per heavy atom. The van der Waals surface area contributed by atoms with Gasteiger partial charge in [-0.05, 0) is 44.8 Å². The zero-order valence-electron chi connectivity index (χ0n) is 26.6. The van der Waals surface area contributed by atoms with Gasteiger partial charge in [0.25, 0.3) is 0 Å². The highest BCUT2D eigenvalue weighted by Crippen LogP contribution is 2.25. The number of alkyl halides is 1. The molecule has 0 heterocycles. The van der Waals surface area contributed by atoms with Gasteiger partial charge in [-0.1, -0.05) is 73.6 Å². The molecule has 1 fully saturated rings. The number of halogens is 2. The number of aliphatic hydroxyl groups is 4. The molecule has 1 aliphatic carbocycles. The van der Waals surface area contributed by atoms with Gasteiger partial charge in [0.15, 0.2) is 5.78 Å². The molecule has 0 radical (unpaired) electrons. The number of amides is 2. The Balaban J connectivity index is 2.66. The summed E-state index contributed by atoms with van der Waals surface area (Å²) >= 11 is 12.5. The number of primary amides is 1. The van der Waals surface area contributed by atoms with Gasteiger partial charge < -0.3 is 41.3 Å². The van der Waals surface area contributed by atoms with E-state index in [9.17, 15) is 44.7 Å². The van der Waals surface area contributed by atoms with E-state index in [1.54, 1.807) is 43.4 Å². The molecule has 2 amide bonds. The predicted octanol–water partition coefficient (Wildman–Crippen LogP) is 3.17. The third-order valence-electron chi connectivity index (χ3n) is 7.44. The Morgan fingerprint density at radius 1 is 1.04 bits per heavy atom. The Kier molecular flexibility index (Phi) is 19.2. The van der Waals surface area contributed by atoms with Gasteiger partial charge in [-0.15, -0.1) is 11.6 Å². The highest BCUT2D eigenvalue weighted by atomic mass is 35.5. The van der Waals surface area contributed by atoms with Crippen LogP contribution in [0.3, 0.4) is 0 Å². The summed E-state index contributed by atoms with van der Waals surface area (Å²) in [6, 6.07) is -0.626. The zero-order valence-corrected chi connectivity index (χ0v) is 28.1. The van der Waals surface area contributed by atoms with Crippen molar-refractivity contribution in [2.75, 3.05) is 0 Å². The summed E-state index contributed by atoms with van der Waals surface area (Å²) in [6.07, 6.45) is 8.47. The summed E-state index contributed by atoms with van der Waals surface area (Å²) in [5.41, 5.74) is 5.85. The fraction of sp³-hybridized carbons (Fsp3) is 0.515. The molecule has 12 nitrogen and oxygen atoms in total. The molecule has 0 aliphatic heterocycles. The topological polar surface area (TPSA) is 217 Å². The molecular weight excluding hydrogens is 655 g/mol. The molecule has 1 saturated carbocycles. The van der Waals surface area contributed by atoms with Crippen molar-refractivity contribution >= 4 is 47.0 Å². The van der Waals surface area contributed by atoms with Crippen LogP contribution in [0.5, 0.6) is 0 Å². The molecule has 1 rings (SSSR count). The first-order valence-electron chi connectivity index (χ1n) is 15.2. The number of hydrogen-bond acceptors (Lipinski definition) is 9. The maximum absolute atomic E-state index is 12.6. The number of aliphatic carboxylic acids is 1. The molecule has 0 bridgehead atoms. The number of hydrogen-bond donors (Lipinski definition) is 7. The van der Waals surface area contributed by atoms with Crippen molar-refractivity contribution in [3.05, 3.63) is 71.4 Å². The Labute approximate surface area is 285 Å². The van der Waals surface area contributed by atoms with Crippen LogP contribution >= 0.6 is 23.2 Å². The third kappa shape index (κ3) is 15.5. The number of nitrogens with two attached hydrogens (primary N) is 1. The van der Waals surface area contributed by atoms with Gasteiger partial charge in [0.1, 0.15) is 17.6 Å². The van der Waals surface area contributed by atoms with Gasteiger partial charge in [-0.25, -0.2) is 4.79 Å². The van der Waals surface area contributed by atoms with Crippen LogP contribution < -0.4 is 11.1 Å². The lowest BCUT2D eigenvalue weighted by Crippen LogP contribution is -2.47. The van der Waals surface area contributed by atoms with E-state index < -0.39 is 83.9 Å². The van der Waals surface area contributed by atoms with Gasteiger partial charge in [0, 0.05) is 23.4 Å². The lowest BCUT2D eigenvalue weighted by Gasteiger charge is -2.31. The van der Waals surface area contributed by atoms with Gasteiger partial charge in [-0.2, -0.15) is 0 Å². The molecule has 0 saturated heterocycles. The van der Waals surface area contributed by atoms with Crippen molar-refractivity contribution < 1.29 is 49.4 Å². The van der Waals surface area contributed by atoms with E-state index in [0.29, 0.717) is 19.3 Å². The van der Waals surface area contributed by atoms with Crippen LogP contribution in [0.4, 0.5) is 4.79 Å². The number of Topliss-reactive ketones (excluding diaryl/α,β-unsaturated/α-hetero) is 1. The van der Waals surface area contributed by atoms with Gasteiger partial charge in [0.2, 0.25) is 5.91 Å². The number of aliphatic hydroxyl groups excluding tert-OH is 4. The van der Waals surface area contributed by atoms with Gasteiger partial charge >= 0.3 is 12.1 Å². The number of ketones is 1. The second-order valence-electron chi connectivity index (χ2n) is 11.2. The monoisotopic (exact) mass is 700 g/mol. The molecule has 14 heteroatoms. The summed E-state index contributed by atoms with van der Waals surface area (Å²) in [5.74, 6) is -3.74. The largest absolute Gasteiger partial charge is 0.481 e. The Bertz CT molecular complexity index is 1250. The first-order chi connectivity index (χ1) is 22.1. The number of nitrogens with one attached hydrogen (secondary N) is 1. The lowest BCUT2D eigenvalue weighted by atomic mass is 9.84. The number of carboxylic acids is 1.